The molecule has 2 saturated heterocycles. The average molecular weight is 408 g/mol. The van der Waals surface area contributed by atoms with Crippen LogP contribution in [-0.4, -0.2) is 83.4 Å². The molecule has 1 aliphatic carbocycles. The number of carbonyl (C=O) groups is 2. The summed E-state index contributed by atoms with van der Waals surface area (Å²) in [6.07, 6.45) is 5.86. The summed E-state index contributed by atoms with van der Waals surface area (Å²) < 4.78 is 0. The number of benzene rings is 1. The predicted octanol–water partition coefficient (Wildman–Crippen LogP) is 2.00. The summed E-state index contributed by atoms with van der Waals surface area (Å²) in [7, 11) is 0. The highest BCUT2D eigenvalue weighted by molar-refractivity contribution is 5.93. The number of rotatable bonds is 6. The standard InChI is InChI=1S/C23H29N5O2/c1-2-21(29)28-14-19(15-28)26-7-9-27(10-8-26)22(30)13-25-20-12-18(16-3-4-16)11-17-5-6-24-23(17)20/h2,5-6,11-12,16,19,24-25H,1,3-4,7-10,13-15H2. The van der Waals surface area contributed by atoms with Crippen LogP contribution < -0.4 is 5.32 Å². The fourth-order valence-corrected chi connectivity index (χ4v) is 4.60. The molecule has 0 unspecified atom stereocenters. The van der Waals surface area contributed by atoms with E-state index >= 15 is 0 Å². The van der Waals surface area contributed by atoms with E-state index in [0.29, 0.717) is 18.5 Å². The van der Waals surface area contributed by atoms with Crippen molar-refractivity contribution < 1.29 is 9.59 Å². The van der Waals surface area contributed by atoms with E-state index < -0.39 is 0 Å². The van der Waals surface area contributed by atoms with Gasteiger partial charge in [0.1, 0.15) is 0 Å². The van der Waals surface area contributed by atoms with Crippen LogP contribution >= 0.6 is 0 Å². The number of fused-ring (bicyclic) bond motifs is 1. The van der Waals surface area contributed by atoms with Crippen molar-refractivity contribution >= 4 is 28.4 Å². The van der Waals surface area contributed by atoms with Crippen LogP contribution in [0.5, 0.6) is 0 Å². The molecule has 0 radical (unpaired) electrons. The van der Waals surface area contributed by atoms with E-state index in [1.165, 1.54) is 29.9 Å². The summed E-state index contributed by atoms with van der Waals surface area (Å²) in [5.74, 6) is 0.828. The minimum absolute atomic E-state index is 0.00747. The Kier molecular flexibility index (Phi) is 4.98. The lowest BCUT2D eigenvalue weighted by molar-refractivity contribution is -0.135. The molecule has 3 fully saturated rings. The number of piperazine rings is 1. The largest absolute Gasteiger partial charge is 0.374 e. The Morgan fingerprint density at radius 3 is 2.60 bits per heavy atom. The Hall–Kier alpha value is -2.80. The third kappa shape index (κ3) is 3.69. The van der Waals surface area contributed by atoms with Crippen LogP contribution in [0, 0.1) is 0 Å². The minimum atomic E-state index is 0.00747. The van der Waals surface area contributed by atoms with Crippen LogP contribution in [0.2, 0.25) is 0 Å². The molecule has 1 saturated carbocycles. The van der Waals surface area contributed by atoms with E-state index in [4.69, 9.17) is 0 Å². The van der Waals surface area contributed by atoms with E-state index in [0.717, 1.165) is 50.5 Å². The number of nitrogens with zero attached hydrogens (tertiary/aromatic N) is 3. The zero-order valence-electron chi connectivity index (χ0n) is 17.3. The second-order valence-corrected chi connectivity index (χ2v) is 8.66. The van der Waals surface area contributed by atoms with Gasteiger partial charge in [-0.25, -0.2) is 0 Å². The van der Waals surface area contributed by atoms with Crippen molar-refractivity contribution in [2.45, 2.75) is 24.8 Å². The van der Waals surface area contributed by atoms with E-state index in [1.807, 2.05) is 16.0 Å². The van der Waals surface area contributed by atoms with Crippen LogP contribution in [-0.2, 0) is 9.59 Å². The maximum atomic E-state index is 12.8. The number of aromatic nitrogens is 1. The van der Waals surface area contributed by atoms with Crippen LogP contribution in [0.15, 0.2) is 37.1 Å². The third-order valence-corrected chi connectivity index (χ3v) is 6.69. The second kappa shape index (κ2) is 7.80. The summed E-state index contributed by atoms with van der Waals surface area (Å²) in [4.78, 5) is 33.9. The molecule has 30 heavy (non-hydrogen) atoms. The van der Waals surface area contributed by atoms with Gasteiger partial charge in [0.05, 0.1) is 17.7 Å². The number of nitrogens with one attached hydrogen (secondary N) is 2. The first-order valence-electron chi connectivity index (χ1n) is 10.9. The summed E-state index contributed by atoms with van der Waals surface area (Å²) in [5, 5.41) is 4.59. The van der Waals surface area contributed by atoms with Gasteiger partial charge < -0.3 is 20.1 Å². The van der Waals surface area contributed by atoms with Crippen molar-refractivity contribution in [3.05, 3.63) is 42.6 Å². The molecule has 0 atom stereocenters. The number of anilines is 1. The number of aromatic amines is 1. The first-order valence-corrected chi connectivity index (χ1v) is 10.9. The lowest BCUT2D eigenvalue weighted by atomic mass is 10.1. The molecule has 0 bridgehead atoms. The van der Waals surface area contributed by atoms with Gasteiger partial charge in [0, 0.05) is 56.9 Å². The molecule has 2 N–H and O–H groups in total. The van der Waals surface area contributed by atoms with E-state index in [-0.39, 0.29) is 11.8 Å². The molecule has 3 heterocycles. The zero-order chi connectivity index (χ0) is 20.7. The maximum absolute atomic E-state index is 12.8. The Labute approximate surface area is 176 Å². The van der Waals surface area contributed by atoms with E-state index in [2.05, 4.69) is 40.0 Å². The van der Waals surface area contributed by atoms with Crippen LogP contribution in [0.25, 0.3) is 10.9 Å². The molecule has 7 heteroatoms. The van der Waals surface area contributed by atoms with Gasteiger partial charge in [0.25, 0.3) is 0 Å². The number of likely N-dealkylation sites (tertiary alicyclic amines) is 1. The van der Waals surface area contributed by atoms with Crippen molar-refractivity contribution in [1.82, 2.24) is 19.7 Å². The molecule has 2 aliphatic heterocycles. The van der Waals surface area contributed by atoms with Crippen LogP contribution in [0.4, 0.5) is 5.69 Å². The number of carbonyl (C=O) groups excluding carboxylic acids is 2. The number of hydrogen-bond acceptors (Lipinski definition) is 4. The summed E-state index contributed by atoms with van der Waals surface area (Å²) in [6, 6.07) is 6.97. The highest BCUT2D eigenvalue weighted by Crippen LogP contribution is 2.42. The Balaban J connectivity index is 1.13. The molecule has 158 valence electrons. The summed E-state index contributed by atoms with van der Waals surface area (Å²) >= 11 is 0. The molecular formula is C23H29N5O2. The van der Waals surface area contributed by atoms with Gasteiger partial charge in [0.2, 0.25) is 11.8 Å². The second-order valence-electron chi connectivity index (χ2n) is 8.66. The molecule has 1 aromatic heterocycles. The number of hydrogen-bond donors (Lipinski definition) is 2. The van der Waals surface area contributed by atoms with Gasteiger partial charge in [-0.3, -0.25) is 14.5 Å². The molecule has 0 spiro atoms. The molecule has 3 aliphatic rings. The monoisotopic (exact) mass is 407 g/mol. The van der Waals surface area contributed by atoms with Gasteiger partial charge in [-0.1, -0.05) is 6.58 Å². The fraction of sp³-hybridized carbons (Fsp3) is 0.478. The van der Waals surface area contributed by atoms with Gasteiger partial charge >= 0.3 is 0 Å². The predicted molar refractivity (Wildman–Crippen MR) is 117 cm³/mol. The van der Waals surface area contributed by atoms with Crippen molar-refractivity contribution in [3.8, 4) is 0 Å². The third-order valence-electron chi connectivity index (χ3n) is 6.69. The Morgan fingerprint density at radius 1 is 1.13 bits per heavy atom. The molecule has 2 aromatic rings. The zero-order valence-corrected chi connectivity index (χ0v) is 17.3. The lowest BCUT2D eigenvalue weighted by Gasteiger charge is -2.47. The van der Waals surface area contributed by atoms with Gasteiger partial charge in [-0.15, -0.1) is 0 Å². The average Bonchev–Trinajstić information content (AvgIpc) is 3.48. The minimum Gasteiger partial charge on any atom is -0.374 e. The molecule has 2 amide bonds. The summed E-state index contributed by atoms with van der Waals surface area (Å²) in [6.45, 7) is 8.61. The van der Waals surface area contributed by atoms with Gasteiger partial charge in [-0.05, 0) is 48.6 Å². The van der Waals surface area contributed by atoms with Crippen molar-refractivity contribution in [3.63, 3.8) is 0 Å². The first kappa shape index (κ1) is 19.2. The highest BCUT2D eigenvalue weighted by Gasteiger charge is 2.35. The number of amides is 2. The van der Waals surface area contributed by atoms with Crippen molar-refractivity contribution in [2.24, 2.45) is 0 Å². The van der Waals surface area contributed by atoms with Crippen molar-refractivity contribution in [1.29, 1.82) is 0 Å². The first-order chi connectivity index (χ1) is 14.6. The van der Waals surface area contributed by atoms with E-state index in [9.17, 15) is 9.59 Å². The van der Waals surface area contributed by atoms with Crippen molar-refractivity contribution in [2.75, 3.05) is 51.1 Å². The van der Waals surface area contributed by atoms with Gasteiger partial charge in [0.15, 0.2) is 0 Å². The molecule has 1 aromatic carbocycles. The van der Waals surface area contributed by atoms with Crippen LogP contribution in [0.3, 0.4) is 0 Å². The molecule has 5 rings (SSSR count). The fourth-order valence-electron chi connectivity index (χ4n) is 4.60. The van der Waals surface area contributed by atoms with Gasteiger partial charge in [-0.2, -0.15) is 0 Å². The number of H-pyrrole nitrogens is 1. The normalized spacial score (nSPS) is 20.3. The maximum Gasteiger partial charge on any atom is 0.246 e. The molecular weight excluding hydrogens is 378 g/mol. The highest BCUT2D eigenvalue weighted by atomic mass is 16.2. The topological polar surface area (TPSA) is 71.7 Å². The Bertz CT molecular complexity index is 965. The SMILES string of the molecule is C=CC(=O)N1CC(N2CCN(C(=O)CNc3cc(C4CC4)cc4cc[nH]c34)CC2)C1. The smallest absolute Gasteiger partial charge is 0.246 e. The Morgan fingerprint density at radius 2 is 1.90 bits per heavy atom. The summed E-state index contributed by atoms with van der Waals surface area (Å²) in [5.41, 5.74) is 3.46. The van der Waals surface area contributed by atoms with Crippen LogP contribution in [0.1, 0.15) is 24.3 Å². The molecule has 7 nitrogen and oxygen atoms in total. The van der Waals surface area contributed by atoms with E-state index in [1.54, 1.807) is 0 Å². The quantitative estimate of drug-likeness (QED) is 0.719. The lowest BCUT2D eigenvalue weighted by Crippen LogP contribution is -2.64.